The molecule has 1 aromatic carbocycles. The molecule has 1 aromatic rings. The number of amides is 1. The third-order valence-electron chi connectivity index (χ3n) is 5.17. The Morgan fingerprint density at radius 2 is 1.93 bits per heavy atom. The van der Waals surface area contributed by atoms with E-state index in [-0.39, 0.29) is 23.3 Å². The first-order chi connectivity index (χ1) is 13.0. The van der Waals surface area contributed by atoms with E-state index in [0.717, 1.165) is 12.3 Å². The van der Waals surface area contributed by atoms with E-state index in [4.69, 9.17) is 0 Å². The number of fused-ring (bicyclic) bond motifs is 1. The van der Waals surface area contributed by atoms with Gasteiger partial charge in [-0.2, -0.15) is 8.42 Å². The highest BCUT2D eigenvalue weighted by Gasteiger charge is 2.56. The molecule has 4 rings (SSSR count). The van der Waals surface area contributed by atoms with Gasteiger partial charge in [0.05, 0.1) is 11.8 Å². The summed E-state index contributed by atoms with van der Waals surface area (Å²) < 4.78 is 65.3. The fraction of sp³-hybridized carbons (Fsp3) is 0.438. The lowest BCUT2D eigenvalue weighted by Gasteiger charge is -2.17. The Morgan fingerprint density at radius 3 is 2.46 bits per heavy atom. The molecule has 1 aliphatic carbocycles. The predicted molar refractivity (Wildman–Crippen MR) is 96.2 cm³/mol. The number of phenols is 1. The summed E-state index contributed by atoms with van der Waals surface area (Å²) in [7, 11) is -7.52. The van der Waals surface area contributed by atoms with E-state index < -0.39 is 49.9 Å². The summed E-state index contributed by atoms with van der Waals surface area (Å²) in [4.78, 5) is 11.4. The van der Waals surface area contributed by atoms with Crippen LogP contribution in [-0.2, 0) is 25.0 Å². The van der Waals surface area contributed by atoms with Gasteiger partial charge < -0.3 is 5.11 Å². The summed E-state index contributed by atoms with van der Waals surface area (Å²) in [6.45, 7) is 0.121. The summed E-state index contributed by atoms with van der Waals surface area (Å²) in [5, 5.41) is 9.93. The number of hydrogen-bond donors (Lipinski definition) is 2. The Bertz CT molecular complexity index is 1140. The number of nitrogens with zero attached hydrogens (tertiary/aromatic N) is 2. The topological polar surface area (TPSA) is 124 Å². The van der Waals surface area contributed by atoms with Gasteiger partial charge in [0.25, 0.3) is 5.91 Å². The molecule has 3 aliphatic rings. The molecule has 0 radical (unpaired) electrons. The molecular formula is C16H16FN3O6S2. The van der Waals surface area contributed by atoms with Gasteiger partial charge in [0.2, 0.25) is 10.0 Å². The van der Waals surface area contributed by atoms with Crippen LogP contribution in [0.25, 0.3) is 0 Å². The highest BCUT2D eigenvalue weighted by molar-refractivity contribution is 7.92. The quantitative estimate of drug-likeness (QED) is 0.594. The monoisotopic (exact) mass is 429 g/mol. The zero-order chi connectivity index (χ0) is 20.4. The Labute approximate surface area is 161 Å². The summed E-state index contributed by atoms with van der Waals surface area (Å²) in [5.74, 6) is 3.19. The number of hydrogen-bond acceptors (Lipinski definition) is 6. The smallest absolute Gasteiger partial charge is 0.326 e. The van der Waals surface area contributed by atoms with Crippen molar-refractivity contribution in [3.8, 4) is 17.6 Å². The van der Waals surface area contributed by atoms with E-state index in [1.165, 1.54) is 10.4 Å². The Kier molecular flexibility index (Phi) is 4.11. The van der Waals surface area contributed by atoms with Crippen molar-refractivity contribution >= 4 is 31.8 Å². The Morgan fingerprint density at radius 1 is 1.29 bits per heavy atom. The highest BCUT2D eigenvalue weighted by Crippen LogP contribution is 2.51. The molecule has 1 saturated carbocycles. The number of anilines is 1. The summed E-state index contributed by atoms with van der Waals surface area (Å²) >= 11 is 0. The second-order valence-electron chi connectivity index (χ2n) is 7.03. The van der Waals surface area contributed by atoms with Gasteiger partial charge >= 0.3 is 10.2 Å². The first-order valence-corrected chi connectivity index (χ1v) is 11.6. The SMILES string of the molecule is CS(=O)(=O)N1C[C@@H]2C(C#Cc3ccc(O)c(N4CC(=O)NS4(=O)=O)c3F)[C@@H]2C1. The van der Waals surface area contributed by atoms with E-state index in [1.54, 1.807) is 4.72 Å². The minimum absolute atomic E-state index is 0.0617. The second kappa shape index (κ2) is 6.07. The van der Waals surface area contributed by atoms with Crippen LogP contribution in [0.5, 0.6) is 5.75 Å². The number of carbonyl (C=O) groups is 1. The van der Waals surface area contributed by atoms with Crippen LogP contribution in [0.4, 0.5) is 10.1 Å². The average Bonchev–Trinajstić information content (AvgIpc) is 2.89. The lowest BCUT2D eigenvalue weighted by Crippen LogP contribution is -2.30. The number of piperidine rings is 1. The van der Waals surface area contributed by atoms with Crippen LogP contribution in [0.15, 0.2) is 12.1 Å². The number of halogens is 1. The zero-order valence-electron chi connectivity index (χ0n) is 14.6. The molecule has 0 aromatic heterocycles. The normalized spacial score (nSPS) is 28.4. The van der Waals surface area contributed by atoms with Gasteiger partial charge in [0.1, 0.15) is 18.0 Å². The maximum atomic E-state index is 14.8. The highest BCUT2D eigenvalue weighted by atomic mass is 32.2. The number of phenolic OH excluding ortho intramolecular Hbond substituents is 1. The van der Waals surface area contributed by atoms with Gasteiger partial charge in [0.15, 0.2) is 5.82 Å². The minimum atomic E-state index is -4.28. The fourth-order valence-corrected chi connectivity index (χ4v) is 5.72. The third-order valence-corrected chi connectivity index (χ3v) is 7.78. The Hall–Kier alpha value is -2.36. The standard InChI is InChI=1S/C16H16FN3O6S2/c1-27(23,24)19-6-11-10(12(11)7-19)4-2-9-3-5-13(21)16(15(9)17)20-8-14(22)18-28(20,25)26/h3,5,10-12,21H,6-8H2,1H3,(H,18,22)/t10?,11-,12+. The minimum Gasteiger partial charge on any atom is -0.506 e. The number of rotatable bonds is 2. The molecule has 1 amide bonds. The van der Waals surface area contributed by atoms with Crippen molar-refractivity contribution in [1.82, 2.24) is 9.03 Å². The van der Waals surface area contributed by atoms with Crippen LogP contribution in [0.2, 0.25) is 0 Å². The van der Waals surface area contributed by atoms with Gasteiger partial charge in [-0.1, -0.05) is 11.8 Å². The molecule has 9 nitrogen and oxygen atoms in total. The first kappa shape index (κ1) is 19.0. The van der Waals surface area contributed by atoms with Gasteiger partial charge in [0, 0.05) is 19.0 Å². The lowest BCUT2D eigenvalue weighted by molar-refractivity contribution is -0.117. The van der Waals surface area contributed by atoms with Crippen molar-refractivity contribution in [3.63, 3.8) is 0 Å². The molecule has 3 atom stereocenters. The molecule has 2 aliphatic heterocycles. The zero-order valence-corrected chi connectivity index (χ0v) is 16.2. The molecule has 0 bridgehead atoms. The molecule has 12 heteroatoms. The third kappa shape index (κ3) is 3.09. The van der Waals surface area contributed by atoms with E-state index >= 15 is 0 Å². The van der Waals surface area contributed by atoms with E-state index in [9.17, 15) is 31.1 Å². The van der Waals surface area contributed by atoms with E-state index in [1.807, 2.05) is 0 Å². The van der Waals surface area contributed by atoms with Crippen molar-refractivity contribution < 1.29 is 31.1 Å². The van der Waals surface area contributed by atoms with Crippen molar-refractivity contribution in [1.29, 1.82) is 0 Å². The average molecular weight is 429 g/mol. The van der Waals surface area contributed by atoms with E-state index in [2.05, 4.69) is 11.8 Å². The summed E-state index contributed by atoms with van der Waals surface area (Å²) in [6, 6.07) is 2.33. The van der Waals surface area contributed by atoms with Gasteiger partial charge in [-0.05, 0) is 24.0 Å². The molecule has 2 heterocycles. The molecule has 2 saturated heterocycles. The van der Waals surface area contributed by atoms with Crippen molar-refractivity contribution in [3.05, 3.63) is 23.5 Å². The van der Waals surface area contributed by atoms with Crippen LogP contribution in [0.1, 0.15) is 5.56 Å². The van der Waals surface area contributed by atoms with Crippen molar-refractivity contribution in [2.24, 2.45) is 17.8 Å². The predicted octanol–water partition coefficient (Wildman–Crippen LogP) is -0.799. The number of aromatic hydroxyl groups is 1. The summed E-state index contributed by atoms with van der Waals surface area (Å²) in [6.07, 6.45) is 1.15. The number of sulfonamides is 1. The molecule has 1 unspecified atom stereocenters. The lowest BCUT2D eigenvalue weighted by atomic mass is 10.1. The molecule has 3 fully saturated rings. The van der Waals surface area contributed by atoms with Crippen LogP contribution >= 0.6 is 0 Å². The number of nitrogens with one attached hydrogen (secondary N) is 1. The second-order valence-corrected chi connectivity index (χ2v) is 10.6. The first-order valence-electron chi connectivity index (χ1n) is 8.30. The molecule has 28 heavy (non-hydrogen) atoms. The summed E-state index contributed by atoms with van der Waals surface area (Å²) in [5.41, 5.74) is -0.753. The van der Waals surface area contributed by atoms with Gasteiger partial charge in [-0.25, -0.2) is 26.1 Å². The largest absolute Gasteiger partial charge is 0.506 e. The number of benzene rings is 1. The van der Waals surface area contributed by atoms with E-state index in [0.29, 0.717) is 17.4 Å². The molecule has 150 valence electrons. The fourth-order valence-electron chi connectivity index (χ4n) is 3.67. The van der Waals surface area contributed by atoms with Crippen molar-refractivity contribution in [2.75, 3.05) is 30.2 Å². The molecule has 0 spiro atoms. The maximum Gasteiger partial charge on any atom is 0.326 e. The van der Waals surface area contributed by atoms with Gasteiger partial charge in [-0.3, -0.25) is 4.79 Å². The molecular weight excluding hydrogens is 413 g/mol. The maximum absolute atomic E-state index is 14.8. The molecule has 2 N–H and O–H groups in total. The van der Waals surface area contributed by atoms with Crippen LogP contribution in [-0.4, -0.2) is 58.0 Å². The van der Waals surface area contributed by atoms with Crippen LogP contribution < -0.4 is 9.03 Å². The van der Waals surface area contributed by atoms with Gasteiger partial charge in [-0.15, -0.1) is 0 Å². The van der Waals surface area contributed by atoms with Crippen molar-refractivity contribution in [2.45, 2.75) is 0 Å². The van der Waals surface area contributed by atoms with Crippen LogP contribution in [0, 0.1) is 35.4 Å². The number of carbonyl (C=O) groups excluding carboxylic acids is 1. The Balaban J connectivity index is 1.58. The van der Waals surface area contributed by atoms with Crippen LogP contribution in [0.3, 0.4) is 0 Å².